The normalized spacial score (nSPS) is 19.8. The maximum Gasteiger partial charge on any atom is 0.307 e. The van der Waals surface area contributed by atoms with Crippen LogP contribution in [0.25, 0.3) is 0 Å². The van der Waals surface area contributed by atoms with Crippen LogP contribution in [0, 0.1) is 17.3 Å². The number of carboxylic acids is 1. The van der Waals surface area contributed by atoms with Gasteiger partial charge in [0.05, 0.1) is 30.9 Å². The molecule has 3 N–H and O–H groups in total. The van der Waals surface area contributed by atoms with Gasteiger partial charge in [0, 0.05) is 5.69 Å². The minimum absolute atomic E-state index is 0.153. The average Bonchev–Trinajstić information content (AvgIpc) is 2.97. The van der Waals surface area contributed by atoms with Crippen LogP contribution >= 0.6 is 0 Å². The minimum atomic E-state index is -0.994. The molecule has 1 aromatic heterocycles. The second-order valence-corrected chi connectivity index (χ2v) is 6.95. The molecule has 142 valence electrons. The van der Waals surface area contributed by atoms with Gasteiger partial charge in [-0.1, -0.05) is 13.8 Å². The number of amides is 2. The van der Waals surface area contributed by atoms with Crippen molar-refractivity contribution in [3.63, 3.8) is 0 Å². The van der Waals surface area contributed by atoms with Crippen molar-refractivity contribution in [2.75, 3.05) is 17.7 Å². The molecular formula is C19H20N2O6. The highest BCUT2D eigenvalue weighted by Crippen LogP contribution is 2.58. The van der Waals surface area contributed by atoms with Crippen LogP contribution in [0.4, 0.5) is 11.4 Å². The van der Waals surface area contributed by atoms with Crippen molar-refractivity contribution < 1.29 is 28.6 Å². The van der Waals surface area contributed by atoms with Crippen molar-refractivity contribution in [2.24, 2.45) is 17.3 Å². The molecule has 0 aliphatic heterocycles. The van der Waals surface area contributed by atoms with E-state index in [0.717, 1.165) is 0 Å². The van der Waals surface area contributed by atoms with E-state index in [4.69, 9.17) is 9.15 Å². The Bertz CT molecular complexity index is 888. The van der Waals surface area contributed by atoms with Crippen molar-refractivity contribution in [2.45, 2.75) is 13.8 Å². The number of carbonyl (C=O) groups excluding carboxylic acids is 2. The zero-order valence-corrected chi connectivity index (χ0v) is 15.1. The maximum absolute atomic E-state index is 12.6. The number of furan rings is 1. The molecule has 2 aromatic rings. The van der Waals surface area contributed by atoms with Gasteiger partial charge in [0.25, 0.3) is 5.91 Å². The lowest BCUT2D eigenvalue weighted by Crippen LogP contribution is -2.18. The van der Waals surface area contributed by atoms with Gasteiger partial charge in [-0.25, -0.2) is 0 Å². The van der Waals surface area contributed by atoms with Gasteiger partial charge in [-0.3, -0.25) is 14.4 Å². The number of carboxylic acid groups (broad SMARTS) is 1. The molecule has 27 heavy (non-hydrogen) atoms. The van der Waals surface area contributed by atoms with Crippen LogP contribution in [0.3, 0.4) is 0 Å². The van der Waals surface area contributed by atoms with Crippen LogP contribution in [-0.4, -0.2) is 30.0 Å². The predicted octanol–water partition coefficient (Wildman–Crippen LogP) is 2.84. The van der Waals surface area contributed by atoms with E-state index in [0.29, 0.717) is 17.1 Å². The predicted molar refractivity (Wildman–Crippen MR) is 96.7 cm³/mol. The number of anilines is 2. The molecule has 1 heterocycles. The van der Waals surface area contributed by atoms with E-state index in [1.807, 2.05) is 0 Å². The highest BCUT2D eigenvalue weighted by Gasteiger charge is 2.65. The molecule has 0 bridgehead atoms. The SMILES string of the molecule is COc1ccc(NC(=O)c2ccco2)cc1NC(=O)C1C(C(=O)O)C1(C)C. The second-order valence-electron chi connectivity index (χ2n) is 6.95. The number of carbonyl (C=O) groups is 3. The summed E-state index contributed by atoms with van der Waals surface area (Å²) < 4.78 is 10.3. The smallest absolute Gasteiger partial charge is 0.307 e. The molecule has 3 rings (SSSR count). The van der Waals surface area contributed by atoms with Crippen LogP contribution in [0.1, 0.15) is 24.4 Å². The van der Waals surface area contributed by atoms with E-state index >= 15 is 0 Å². The average molecular weight is 372 g/mol. The van der Waals surface area contributed by atoms with Crippen LogP contribution in [0.5, 0.6) is 5.75 Å². The fourth-order valence-electron chi connectivity index (χ4n) is 3.28. The van der Waals surface area contributed by atoms with Gasteiger partial charge in [-0.15, -0.1) is 0 Å². The zero-order valence-electron chi connectivity index (χ0n) is 15.1. The third kappa shape index (κ3) is 3.51. The Labute approximate surface area is 155 Å². The quantitative estimate of drug-likeness (QED) is 0.718. The van der Waals surface area contributed by atoms with Crippen LogP contribution < -0.4 is 15.4 Å². The molecule has 1 saturated carbocycles. The van der Waals surface area contributed by atoms with E-state index in [9.17, 15) is 19.5 Å². The van der Waals surface area contributed by atoms with Gasteiger partial charge in [0.2, 0.25) is 5.91 Å². The first-order valence-corrected chi connectivity index (χ1v) is 8.32. The van der Waals surface area contributed by atoms with E-state index < -0.39 is 35.0 Å². The number of rotatable bonds is 6. The molecule has 2 unspecified atom stereocenters. The zero-order chi connectivity index (χ0) is 19.8. The first-order chi connectivity index (χ1) is 12.8. The van der Waals surface area contributed by atoms with E-state index in [-0.39, 0.29) is 5.76 Å². The Kier molecular flexibility index (Phi) is 4.65. The number of methoxy groups -OCH3 is 1. The summed E-state index contributed by atoms with van der Waals surface area (Å²) in [4.78, 5) is 36.0. The van der Waals surface area contributed by atoms with Crippen molar-refractivity contribution in [1.82, 2.24) is 0 Å². The third-order valence-electron chi connectivity index (χ3n) is 4.84. The molecular weight excluding hydrogens is 352 g/mol. The Morgan fingerprint density at radius 1 is 1.15 bits per heavy atom. The monoisotopic (exact) mass is 372 g/mol. The van der Waals surface area contributed by atoms with Crippen LogP contribution in [0.2, 0.25) is 0 Å². The molecule has 1 aromatic carbocycles. The standard InChI is InChI=1S/C19H20N2O6/c1-19(2)14(15(19)18(24)25)17(23)21-11-9-10(6-7-12(11)26-3)20-16(22)13-5-4-8-27-13/h4-9,14-15H,1-3H3,(H,20,22)(H,21,23)(H,24,25). The summed E-state index contributed by atoms with van der Waals surface area (Å²) in [5.74, 6) is -2.65. The lowest BCUT2D eigenvalue weighted by Gasteiger charge is -2.13. The van der Waals surface area contributed by atoms with Crippen LogP contribution in [-0.2, 0) is 9.59 Å². The van der Waals surface area contributed by atoms with Gasteiger partial charge in [0.15, 0.2) is 5.76 Å². The fraction of sp³-hybridized carbons (Fsp3) is 0.316. The summed E-state index contributed by atoms with van der Waals surface area (Å²) in [6, 6.07) is 7.90. The summed E-state index contributed by atoms with van der Waals surface area (Å²) in [5, 5.41) is 14.6. The number of ether oxygens (including phenoxy) is 1. The molecule has 2 atom stereocenters. The molecule has 8 nitrogen and oxygen atoms in total. The van der Waals surface area contributed by atoms with Gasteiger partial charge >= 0.3 is 5.97 Å². The topological polar surface area (TPSA) is 118 Å². The molecule has 2 amide bonds. The van der Waals surface area contributed by atoms with Crippen molar-refractivity contribution >= 4 is 29.2 Å². The van der Waals surface area contributed by atoms with E-state index in [1.54, 1.807) is 38.1 Å². The highest BCUT2D eigenvalue weighted by molar-refractivity contribution is 6.04. The molecule has 1 aliphatic rings. The summed E-state index contributed by atoms with van der Waals surface area (Å²) in [5.41, 5.74) is 0.151. The Hall–Kier alpha value is -3.29. The molecule has 0 radical (unpaired) electrons. The number of nitrogens with one attached hydrogen (secondary N) is 2. The van der Waals surface area contributed by atoms with Gasteiger partial charge in [0.1, 0.15) is 5.75 Å². The lowest BCUT2D eigenvalue weighted by atomic mass is 10.1. The molecule has 0 spiro atoms. The van der Waals surface area contributed by atoms with Crippen LogP contribution in [0.15, 0.2) is 41.0 Å². The largest absolute Gasteiger partial charge is 0.495 e. The first-order valence-electron chi connectivity index (χ1n) is 8.32. The lowest BCUT2D eigenvalue weighted by molar-refractivity contribution is -0.140. The Morgan fingerprint density at radius 2 is 1.89 bits per heavy atom. The molecule has 1 aliphatic carbocycles. The first kappa shape index (κ1) is 18.5. The Morgan fingerprint density at radius 3 is 2.44 bits per heavy atom. The summed E-state index contributed by atoms with van der Waals surface area (Å²) in [7, 11) is 1.45. The summed E-state index contributed by atoms with van der Waals surface area (Å²) in [6.45, 7) is 3.49. The number of benzene rings is 1. The van der Waals surface area contributed by atoms with E-state index in [2.05, 4.69) is 10.6 Å². The summed E-state index contributed by atoms with van der Waals surface area (Å²) in [6.07, 6.45) is 1.39. The van der Waals surface area contributed by atoms with Crippen molar-refractivity contribution in [3.8, 4) is 5.75 Å². The number of hydrogen-bond acceptors (Lipinski definition) is 5. The maximum atomic E-state index is 12.6. The summed E-state index contributed by atoms with van der Waals surface area (Å²) >= 11 is 0. The minimum Gasteiger partial charge on any atom is -0.495 e. The Balaban J connectivity index is 1.77. The molecule has 8 heteroatoms. The van der Waals surface area contributed by atoms with Crippen molar-refractivity contribution in [1.29, 1.82) is 0 Å². The van der Waals surface area contributed by atoms with E-state index in [1.165, 1.54) is 19.4 Å². The van der Waals surface area contributed by atoms with Gasteiger partial charge < -0.3 is 24.9 Å². The molecule has 0 saturated heterocycles. The number of aliphatic carboxylic acids is 1. The molecule has 1 fully saturated rings. The van der Waals surface area contributed by atoms with Gasteiger partial charge in [-0.2, -0.15) is 0 Å². The number of hydrogen-bond donors (Lipinski definition) is 3. The highest BCUT2D eigenvalue weighted by atomic mass is 16.5. The van der Waals surface area contributed by atoms with Crippen molar-refractivity contribution in [3.05, 3.63) is 42.4 Å². The third-order valence-corrected chi connectivity index (χ3v) is 4.84. The van der Waals surface area contributed by atoms with Gasteiger partial charge in [-0.05, 0) is 35.7 Å². The fourth-order valence-corrected chi connectivity index (χ4v) is 3.28. The second kappa shape index (κ2) is 6.79.